The van der Waals surface area contributed by atoms with E-state index in [0.29, 0.717) is 6.42 Å². The summed E-state index contributed by atoms with van der Waals surface area (Å²) in [6, 6.07) is 8.48. The Labute approximate surface area is 188 Å². The predicted octanol–water partition coefficient (Wildman–Crippen LogP) is 10.8. The number of aryl methyl sites for hydroxylation is 2. The molecule has 178 valence electrons. The lowest BCUT2D eigenvalue weighted by Gasteiger charge is -1.90. The first-order valence-corrected chi connectivity index (χ1v) is 11.9. The van der Waals surface area contributed by atoms with Crippen LogP contribution >= 0.6 is 0 Å². The van der Waals surface area contributed by atoms with Crippen molar-refractivity contribution >= 4 is 5.78 Å². The Morgan fingerprint density at radius 1 is 0.621 bits per heavy atom. The van der Waals surface area contributed by atoms with Crippen molar-refractivity contribution in [3.63, 3.8) is 0 Å². The molecule has 0 aliphatic carbocycles. The van der Waals surface area contributed by atoms with Gasteiger partial charge in [-0.15, -0.1) is 13.2 Å². The number of ketones is 1. The van der Waals surface area contributed by atoms with Gasteiger partial charge in [0.15, 0.2) is 0 Å². The lowest BCUT2D eigenvalue weighted by Crippen LogP contribution is -1.80. The molecule has 0 bridgehead atoms. The Balaban J connectivity index is -0.0000000412. The minimum atomic E-state index is 0.255. The van der Waals surface area contributed by atoms with Gasteiger partial charge in [0.05, 0.1) is 0 Å². The van der Waals surface area contributed by atoms with E-state index in [-0.39, 0.29) is 5.78 Å². The van der Waals surface area contributed by atoms with Gasteiger partial charge in [-0.2, -0.15) is 0 Å². The molecular formula is C28H60O. The van der Waals surface area contributed by atoms with Crippen LogP contribution in [0.4, 0.5) is 0 Å². The zero-order valence-electron chi connectivity index (χ0n) is 23.2. The van der Waals surface area contributed by atoms with Crippen molar-refractivity contribution in [3.05, 3.63) is 48.6 Å². The number of carbonyl (C=O) groups is 1. The molecule has 0 amide bonds. The van der Waals surface area contributed by atoms with Crippen molar-refractivity contribution in [2.24, 2.45) is 0 Å². The maximum absolute atomic E-state index is 9.81. The smallest absolute Gasteiger partial charge is 0.129 e. The Morgan fingerprint density at radius 3 is 0.828 bits per heavy atom. The normalized spacial score (nSPS) is 6.69. The van der Waals surface area contributed by atoms with Crippen LogP contribution < -0.4 is 0 Å². The standard InChI is InChI=1S/C8H10.C4H8O.2C4H10.3C2H6.C2H4/c1-7-3-5-8(2)6-4-7;1-3-4(2)5;2*1-3-4-2;4*1-2/h3-6H,1-2H3;3H2,1-2H3;2*3-4H2,1-2H3;3*1-2H3;1-2H2. The van der Waals surface area contributed by atoms with Gasteiger partial charge >= 0.3 is 0 Å². The van der Waals surface area contributed by atoms with Gasteiger partial charge in [-0.25, -0.2) is 0 Å². The quantitative estimate of drug-likeness (QED) is 0.451. The van der Waals surface area contributed by atoms with E-state index in [4.69, 9.17) is 0 Å². The minimum Gasteiger partial charge on any atom is -0.300 e. The second-order valence-corrected chi connectivity index (χ2v) is 5.21. The first kappa shape index (κ1) is 46.0. The van der Waals surface area contributed by atoms with Crippen molar-refractivity contribution in [2.75, 3.05) is 0 Å². The van der Waals surface area contributed by atoms with Crippen LogP contribution in [0.1, 0.15) is 126 Å². The molecule has 0 saturated heterocycles. The highest BCUT2D eigenvalue weighted by Crippen LogP contribution is 1.99. The highest BCUT2D eigenvalue weighted by atomic mass is 16.1. The third kappa shape index (κ3) is 101. The summed E-state index contributed by atoms with van der Waals surface area (Å²) in [5.41, 5.74) is 2.66. The number of unbranched alkanes of at least 4 members (excludes halogenated alkanes) is 2. The van der Waals surface area contributed by atoms with Crippen molar-refractivity contribution in [1.82, 2.24) is 0 Å². The molecule has 0 N–H and O–H groups in total. The number of hydrogen-bond acceptors (Lipinski definition) is 1. The SMILES string of the molecule is C=C.CC.CC.CC.CCC(C)=O.CCCC.CCCC.Cc1ccc(C)cc1. The number of benzene rings is 1. The third-order valence-electron chi connectivity index (χ3n) is 2.72. The Morgan fingerprint density at radius 2 is 0.759 bits per heavy atom. The van der Waals surface area contributed by atoms with Gasteiger partial charge in [-0.1, -0.05) is 137 Å². The van der Waals surface area contributed by atoms with E-state index >= 15 is 0 Å². The van der Waals surface area contributed by atoms with Crippen LogP contribution in [0.3, 0.4) is 0 Å². The highest BCUT2D eigenvalue weighted by Gasteiger charge is 1.79. The minimum absolute atomic E-state index is 0.255. The Bertz CT molecular complexity index is 283. The van der Waals surface area contributed by atoms with Crippen LogP contribution in [0.2, 0.25) is 0 Å². The summed E-state index contributed by atoms with van der Waals surface area (Å²) < 4.78 is 0. The van der Waals surface area contributed by atoms with Gasteiger partial charge in [-0.3, -0.25) is 0 Å². The number of Topliss-reactive ketones (excluding diaryl/α,β-unsaturated/α-hetero) is 1. The summed E-state index contributed by atoms with van der Waals surface area (Å²) in [6.07, 6.45) is 5.94. The molecular weight excluding hydrogens is 352 g/mol. The lowest BCUT2D eigenvalue weighted by atomic mass is 10.2. The number of carbonyl (C=O) groups excluding carboxylic acids is 1. The van der Waals surface area contributed by atoms with Crippen LogP contribution in [0.5, 0.6) is 0 Å². The van der Waals surface area contributed by atoms with E-state index in [1.165, 1.54) is 36.8 Å². The van der Waals surface area contributed by atoms with E-state index in [1.807, 2.05) is 48.5 Å². The molecule has 0 saturated carbocycles. The van der Waals surface area contributed by atoms with Crippen molar-refractivity contribution in [2.45, 2.75) is 129 Å². The van der Waals surface area contributed by atoms with Crippen LogP contribution in [-0.4, -0.2) is 5.78 Å². The zero-order chi connectivity index (χ0) is 25.1. The maximum Gasteiger partial charge on any atom is 0.129 e. The van der Waals surface area contributed by atoms with E-state index in [2.05, 4.69) is 79.0 Å². The van der Waals surface area contributed by atoms with Crippen LogP contribution in [0.15, 0.2) is 37.4 Å². The summed E-state index contributed by atoms with van der Waals surface area (Å²) in [4.78, 5) is 9.81. The summed E-state index contributed by atoms with van der Waals surface area (Å²) >= 11 is 0. The molecule has 1 nitrogen and oxygen atoms in total. The molecule has 29 heavy (non-hydrogen) atoms. The number of hydrogen-bond donors (Lipinski definition) is 0. The van der Waals surface area contributed by atoms with Gasteiger partial charge in [0.1, 0.15) is 5.78 Å². The van der Waals surface area contributed by atoms with E-state index < -0.39 is 0 Å². The molecule has 1 heteroatoms. The van der Waals surface area contributed by atoms with Gasteiger partial charge in [0.25, 0.3) is 0 Å². The molecule has 1 aromatic rings. The van der Waals surface area contributed by atoms with Crippen molar-refractivity contribution in [3.8, 4) is 0 Å². The summed E-state index contributed by atoms with van der Waals surface area (Å²) in [6.45, 7) is 34.3. The van der Waals surface area contributed by atoms with E-state index in [0.717, 1.165) is 0 Å². The topological polar surface area (TPSA) is 17.1 Å². The Hall–Kier alpha value is -1.37. The van der Waals surface area contributed by atoms with Crippen LogP contribution in [0.25, 0.3) is 0 Å². The molecule has 0 spiro atoms. The number of rotatable bonds is 3. The largest absolute Gasteiger partial charge is 0.300 e. The van der Waals surface area contributed by atoms with Gasteiger partial charge in [-0.05, 0) is 20.8 Å². The van der Waals surface area contributed by atoms with Gasteiger partial charge in [0, 0.05) is 6.42 Å². The second-order valence-electron chi connectivity index (χ2n) is 5.21. The Kier molecular flexibility index (Phi) is 100. The van der Waals surface area contributed by atoms with E-state index in [9.17, 15) is 4.79 Å². The first-order chi connectivity index (χ1) is 13.9. The molecule has 0 atom stereocenters. The van der Waals surface area contributed by atoms with Gasteiger partial charge < -0.3 is 4.79 Å². The van der Waals surface area contributed by atoms with Crippen molar-refractivity contribution < 1.29 is 4.79 Å². The molecule has 0 aromatic heterocycles. The molecule has 0 fully saturated rings. The fraction of sp³-hybridized carbons (Fsp3) is 0.679. The van der Waals surface area contributed by atoms with Crippen molar-refractivity contribution in [1.29, 1.82) is 0 Å². The molecule has 0 heterocycles. The molecule has 1 rings (SSSR count). The highest BCUT2D eigenvalue weighted by molar-refractivity contribution is 5.74. The average molecular weight is 413 g/mol. The van der Waals surface area contributed by atoms with E-state index in [1.54, 1.807) is 6.92 Å². The molecule has 0 radical (unpaired) electrons. The maximum atomic E-state index is 9.81. The lowest BCUT2D eigenvalue weighted by molar-refractivity contribution is -0.116. The van der Waals surface area contributed by atoms with Gasteiger partial charge in [0.2, 0.25) is 0 Å². The molecule has 0 aliphatic rings. The first-order valence-electron chi connectivity index (χ1n) is 11.9. The average Bonchev–Trinajstić information content (AvgIpc) is 2.81. The summed E-state index contributed by atoms with van der Waals surface area (Å²) in [5, 5.41) is 0. The van der Waals surface area contributed by atoms with Crippen LogP contribution in [0, 0.1) is 13.8 Å². The summed E-state index contributed by atoms with van der Waals surface area (Å²) in [7, 11) is 0. The second kappa shape index (κ2) is 63.3. The predicted molar refractivity (Wildman–Crippen MR) is 143 cm³/mol. The zero-order valence-corrected chi connectivity index (χ0v) is 23.2. The van der Waals surface area contributed by atoms with Crippen LogP contribution in [-0.2, 0) is 4.79 Å². The fourth-order valence-corrected chi connectivity index (χ4v) is 0.637. The summed E-state index contributed by atoms with van der Waals surface area (Å²) in [5.74, 6) is 0.255. The monoisotopic (exact) mass is 412 g/mol. The fourth-order valence-electron chi connectivity index (χ4n) is 0.637. The molecule has 0 aliphatic heterocycles. The molecule has 0 unspecified atom stereocenters. The third-order valence-corrected chi connectivity index (χ3v) is 2.72. The molecule has 1 aromatic carbocycles.